The van der Waals surface area contributed by atoms with Crippen molar-refractivity contribution in [3.05, 3.63) is 0 Å². The normalized spacial score (nSPS) is 28.1. The highest BCUT2D eigenvalue weighted by atomic mass is 16.5. The third-order valence-corrected chi connectivity index (χ3v) is 3.30. The summed E-state index contributed by atoms with van der Waals surface area (Å²) >= 11 is 0. The van der Waals surface area contributed by atoms with Gasteiger partial charge >= 0.3 is 0 Å². The molecule has 4 heteroatoms. The Morgan fingerprint density at radius 3 is 1.65 bits per heavy atom. The predicted molar refractivity (Wildman–Crippen MR) is 68.6 cm³/mol. The third-order valence-electron chi connectivity index (χ3n) is 3.30. The van der Waals surface area contributed by atoms with Crippen LogP contribution in [0.15, 0.2) is 9.98 Å². The maximum atomic E-state index is 5.57. The Kier molecular flexibility index (Phi) is 3.69. The van der Waals surface area contributed by atoms with Crippen LogP contribution in [-0.4, -0.2) is 37.1 Å². The summed E-state index contributed by atoms with van der Waals surface area (Å²) in [7, 11) is 0. The Bertz CT molecular complexity index is 302. The first-order valence-electron chi connectivity index (χ1n) is 6.45. The van der Waals surface area contributed by atoms with E-state index in [1.807, 2.05) is 0 Å². The molecule has 0 aromatic rings. The Hall–Kier alpha value is -1.06. The van der Waals surface area contributed by atoms with Crippen molar-refractivity contribution < 1.29 is 9.47 Å². The monoisotopic (exact) mass is 238 g/mol. The van der Waals surface area contributed by atoms with E-state index in [-0.39, 0.29) is 0 Å². The first kappa shape index (κ1) is 12.4. The van der Waals surface area contributed by atoms with Gasteiger partial charge < -0.3 is 9.47 Å². The topological polar surface area (TPSA) is 43.2 Å². The second-order valence-electron chi connectivity index (χ2n) is 5.47. The van der Waals surface area contributed by atoms with Gasteiger partial charge in [0.05, 0.1) is 18.5 Å². The lowest BCUT2D eigenvalue weighted by Crippen LogP contribution is -2.13. The number of ether oxygens (including phenoxy) is 2. The SMILES string of the molecule is CC(C)[C@H]1COC(CC2=N[C@@H](C(C)C)CO2)=N1. The van der Waals surface area contributed by atoms with E-state index in [0.717, 1.165) is 11.8 Å². The van der Waals surface area contributed by atoms with Crippen LogP contribution in [0.4, 0.5) is 0 Å². The summed E-state index contributed by atoms with van der Waals surface area (Å²) < 4.78 is 11.1. The van der Waals surface area contributed by atoms with Crippen LogP contribution in [0, 0.1) is 11.8 Å². The summed E-state index contributed by atoms with van der Waals surface area (Å²) in [5, 5.41) is 0. The van der Waals surface area contributed by atoms with Gasteiger partial charge in [0.15, 0.2) is 11.8 Å². The standard InChI is InChI=1S/C13H22N2O2/c1-8(2)10-6-16-12(14-10)5-13-15-11(7-17-13)9(3)4/h8-11H,5-7H2,1-4H3/t10-,11-/m1/s1. The molecule has 0 aromatic heterocycles. The first-order valence-corrected chi connectivity index (χ1v) is 6.45. The summed E-state index contributed by atoms with van der Waals surface area (Å²) in [6, 6.07) is 0.598. The van der Waals surface area contributed by atoms with Gasteiger partial charge in [0, 0.05) is 0 Å². The molecular formula is C13H22N2O2. The van der Waals surface area contributed by atoms with Crippen molar-refractivity contribution in [1.29, 1.82) is 0 Å². The van der Waals surface area contributed by atoms with E-state index in [2.05, 4.69) is 37.7 Å². The molecule has 0 saturated carbocycles. The van der Waals surface area contributed by atoms with E-state index in [4.69, 9.17) is 9.47 Å². The quantitative estimate of drug-likeness (QED) is 0.754. The van der Waals surface area contributed by atoms with Gasteiger partial charge in [-0.1, -0.05) is 27.7 Å². The van der Waals surface area contributed by atoms with Crippen LogP contribution in [0.5, 0.6) is 0 Å². The van der Waals surface area contributed by atoms with Crippen LogP contribution < -0.4 is 0 Å². The van der Waals surface area contributed by atoms with Crippen LogP contribution in [-0.2, 0) is 9.47 Å². The van der Waals surface area contributed by atoms with Crippen molar-refractivity contribution in [1.82, 2.24) is 0 Å². The van der Waals surface area contributed by atoms with E-state index in [9.17, 15) is 0 Å². The Labute approximate surface area is 103 Å². The molecule has 0 saturated heterocycles. The first-order chi connectivity index (χ1) is 8.06. The highest BCUT2D eigenvalue weighted by Gasteiger charge is 2.26. The van der Waals surface area contributed by atoms with Crippen LogP contribution in [0.1, 0.15) is 34.1 Å². The molecule has 2 rings (SSSR count). The fourth-order valence-corrected chi connectivity index (χ4v) is 1.89. The van der Waals surface area contributed by atoms with Gasteiger partial charge in [-0.15, -0.1) is 0 Å². The van der Waals surface area contributed by atoms with E-state index in [1.54, 1.807) is 0 Å². The molecular weight excluding hydrogens is 216 g/mol. The van der Waals surface area contributed by atoms with Crippen molar-refractivity contribution in [2.75, 3.05) is 13.2 Å². The van der Waals surface area contributed by atoms with Gasteiger partial charge in [0.25, 0.3) is 0 Å². The molecule has 2 heterocycles. The van der Waals surface area contributed by atoms with Crippen molar-refractivity contribution in [2.45, 2.75) is 46.2 Å². The fraction of sp³-hybridized carbons (Fsp3) is 0.846. The number of aliphatic imine (C=N–C) groups is 2. The van der Waals surface area contributed by atoms with Crippen molar-refractivity contribution in [3.63, 3.8) is 0 Å². The average molecular weight is 238 g/mol. The fourth-order valence-electron chi connectivity index (χ4n) is 1.89. The summed E-state index contributed by atoms with van der Waals surface area (Å²) in [5.74, 6) is 2.63. The van der Waals surface area contributed by atoms with Gasteiger partial charge in [-0.25, -0.2) is 9.98 Å². The molecule has 0 spiro atoms. The van der Waals surface area contributed by atoms with Gasteiger partial charge in [-0.2, -0.15) is 0 Å². The van der Waals surface area contributed by atoms with Crippen molar-refractivity contribution in [3.8, 4) is 0 Å². The summed E-state index contributed by atoms with van der Waals surface area (Å²) in [4.78, 5) is 9.11. The van der Waals surface area contributed by atoms with Crippen LogP contribution >= 0.6 is 0 Å². The van der Waals surface area contributed by atoms with Gasteiger partial charge in [0.2, 0.25) is 0 Å². The Balaban J connectivity index is 1.91. The van der Waals surface area contributed by atoms with E-state index in [1.165, 1.54) is 0 Å². The Morgan fingerprint density at radius 2 is 1.35 bits per heavy atom. The average Bonchev–Trinajstić information content (AvgIpc) is 2.87. The van der Waals surface area contributed by atoms with Gasteiger partial charge in [0.1, 0.15) is 13.2 Å². The molecule has 2 aliphatic rings. The molecule has 0 fully saturated rings. The number of nitrogens with zero attached hydrogens (tertiary/aromatic N) is 2. The van der Waals surface area contributed by atoms with E-state index >= 15 is 0 Å². The van der Waals surface area contributed by atoms with Crippen molar-refractivity contribution >= 4 is 11.8 Å². The second kappa shape index (κ2) is 5.07. The molecule has 4 nitrogen and oxygen atoms in total. The molecule has 17 heavy (non-hydrogen) atoms. The van der Waals surface area contributed by atoms with Gasteiger partial charge in [-0.3, -0.25) is 0 Å². The number of hydrogen-bond donors (Lipinski definition) is 0. The zero-order chi connectivity index (χ0) is 12.4. The second-order valence-corrected chi connectivity index (χ2v) is 5.47. The smallest absolute Gasteiger partial charge is 0.193 e. The maximum absolute atomic E-state index is 5.57. The minimum absolute atomic E-state index is 0.299. The lowest BCUT2D eigenvalue weighted by atomic mass is 10.1. The molecule has 0 unspecified atom stereocenters. The molecule has 0 amide bonds. The Morgan fingerprint density at radius 1 is 0.941 bits per heavy atom. The van der Waals surface area contributed by atoms with Crippen LogP contribution in [0.25, 0.3) is 0 Å². The van der Waals surface area contributed by atoms with Gasteiger partial charge in [-0.05, 0) is 11.8 Å². The van der Waals surface area contributed by atoms with E-state index in [0.29, 0.717) is 43.6 Å². The minimum atomic E-state index is 0.299. The van der Waals surface area contributed by atoms with Crippen molar-refractivity contribution in [2.24, 2.45) is 21.8 Å². The predicted octanol–water partition coefficient (Wildman–Crippen LogP) is 2.28. The van der Waals surface area contributed by atoms with Crippen LogP contribution in [0.3, 0.4) is 0 Å². The molecule has 0 aliphatic carbocycles. The highest BCUT2D eigenvalue weighted by molar-refractivity contribution is 5.98. The summed E-state index contributed by atoms with van der Waals surface area (Å²) in [6.45, 7) is 10.1. The molecule has 0 aromatic carbocycles. The number of rotatable bonds is 4. The molecule has 2 aliphatic heterocycles. The zero-order valence-corrected chi connectivity index (χ0v) is 11.1. The summed E-state index contributed by atoms with van der Waals surface area (Å²) in [6.07, 6.45) is 0.618. The zero-order valence-electron chi connectivity index (χ0n) is 11.1. The molecule has 96 valence electrons. The number of hydrogen-bond acceptors (Lipinski definition) is 4. The maximum Gasteiger partial charge on any atom is 0.193 e. The van der Waals surface area contributed by atoms with Crippen LogP contribution in [0.2, 0.25) is 0 Å². The largest absolute Gasteiger partial charge is 0.478 e. The lowest BCUT2D eigenvalue weighted by Gasteiger charge is -2.06. The lowest BCUT2D eigenvalue weighted by molar-refractivity contribution is 0.277. The van der Waals surface area contributed by atoms with E-state index < -0.39 is 0 Å². The minimum Gasteiger partial charge on any atom is -0.478 e. The molecule has 2 atom stereocenters. The summed E-state index contributed by atoms with van der Waals surface area (Å²) in [5.41, 5.74) is 0. The third kappa shape index (κ3) is 2.99. The molecule has 0 radical (unpaired) electrons. The molecule has 0 N–H and O–H groups in total. The highest BCUT2D eigenvalue weighted by Crippen LogP contribution is 2.19. The molecule has 0 bridgehead atoms.